The Labute approximate surface area is 75.6 Å². The van der Waals surface area contributed by atoms with Gasteiger partial charge in [-0.15, -0.1) is 0 Å². The summed E-state index contributed by atoms with van der Waals surface area (Å²) >= 11 is 0. The fraction of sp³-hybridized carbons (Fsp3) is 0.222. The number of hydrogen-bond acceptors (Lipinski definition) is 3. The molecular weight excluding hydrogens is 166 g/mol. The predicted molar refractivity (Wildman–Crippen MR) is 51.2 cm³/mol. The number of fused-ring (bicyclic) bond motifs is 1. The van der Waals surface area contributed by atoms with Gasteiger partial charge in [0.15, 0.2) is 0 Å². The summed E-state index contributed by atoms with van der Waals surface area (Å²) in [6.07, 6.45) is 1.75. The molecule has 1 heterocycles. The molecule has 4 heteroatoms. The van der Waals surface area contributed by atoms with Gasteiger partial charge in [-0.1, -0.05) is 0 Å². The molecule has 68 valence electrons. The fourth-order valence-electron chi connectivity index (χ4n) is 1.38. The van der Waals surface area contributed by atoms with E-state index in [1.807, 2.05) is 18.2 Å². The van der Waals surface area contributed by atoms with Crippen LogP contribution in [0, 0.1) is 0 Å². The summed E-state index contributed by atoms with van der Waals surface area (Å²) < 4.78 is 1.76. The first-order chi connectivity index (χ1) is 6.31. The smallest absolute Gasteiger partial charge is 0.0684 e. The van der Waals surface area contributed by atoms with Crippen molar-refractivity contribution >= 4 is 16.6 Å². The van der Waals surface area contributed by atoms with Crippen molar-refractivity contribution < 1.29 is 5.11 Å². The average molecular weight is 177 g/mol. The van der Waals surface area contributed by atoms with Crippen LogP contribution in [0.2, 0.25) is 0 Å². The second-order valence-corrected chi connectivity index (χ2v) is 2.91. The summed E-state index contributed by atoms with van der Waals surface area (Å²) in [4.78, 5) is 0. The number of hydrogen-bond donors (Lipinski definition) is 2. The minimum Gasteiger partial charge on any atom is -0.399 e. The van der Waals surface area contributed by atoms with E-state index in [9.17, 15) is 0 Å². The normalized spacial score (nSPS) is 10.8. The summed E-state index contributed by atoms with van der Waals surface area (Å²) in [7, 11) is 0. The third-order valence-electron chi connectivity index (χ3n) is 1.98. The van der Waals surface area contributed by atoms with Crippen LogP contribution < -0.4 is 5.73 Å². The number of benzene rings is 1. The molecule has 2 rings (SSSR count). The van der Waals surface area contributed by atoms with Crippen LogP contribution in [0.5, 0.6) is 0 Å². The van der Waals surface area contributed by atoms with Crippen LogP contribution in [0.15, 0.2) is 24.4 Å². The molecule has 0 atom stereocenters. The average Bonchev–Trinajstić information content (AvgIpc) is 2.49. The third kappa shape index (κ3) is 1.36. The van der Waals surface area contributed by atoms with Gasteiger partial charge in [0.1, 0.15) is 0 Å². The molecule has 4 nitrogen and oxygen atoms in total. The van der Waals surface area contributed by atoms with Gasteiger partial charge in [-0.3, -0.25) is 4.68 Å². The molecule has 3 N–H and O–H groups in total. The zero-order valence-corrected chi connectivity index (χ0v) is 7.14. The fourth-order valence-corrected chi connectivity index (χ4v) is 1.38. The molecule has 13 heavy (non-hydrogen) atoms. The SMILES string of the molecule is Nc1ccc2c(cnn2CCO)c1. The summed E-state index contributed by atoms with van der Waals surface area (Å²) in [5.41, 5.74) is 7.36. The van der Waals surface area contributed by atoms with Gasteiger partial charge in [0.2, 0.25) is 0 Å². The first-order valence-corrected chi connectivity index (χ1v) is 4.13. The third-order valence-corrected chi connectivity index (χ3v) is 1.98. The number of aromatic nitrogens is 2. The Kier molecular flexibility index (Phi) is 1.90. The van der Waals surface area contributed by atoms with Crippen LogP contribution in [-0.2, 0) is 6.54 Å². The lowest BCUT2D eigenvalue weighted by Crippen LogP contribution is -2.03. The molecule has 0 unspecified atom stereocenters. The second-order valence-electron chi connectivity index (χ2n) is 2.91. The van der Waals surface area contributed by atoms with E-state index >= 15 is 0 Å². The minimum absolute atomic E-state index is 0.0984. The first-order valence-electron chi connectivity index (χ1n) is 4.13. The van der Waals surface area contributed by atoms with Gasteiger partial charge in [-0.25, -0.2) is 0 Å². The van der Waals surface area contributed by atoms with Crippen LogP contribution in [0.1, 0.15) is 0 Å². The summed E-state index contributed by atoms with van der Waals surface area (Å²) in [6.45, 7) is 0.620. The van der Waals surface area contributed by atoms with Crippen LogP contribution in [0.25, 0.3) is 10.9 Å². The van der Waals surface area contributed by atoms with Gasteiger partial charge in [0.25, 0.3) is 0 Å². The molecule has 0 aliphatic rings. The molecule has 1 aromatic heterocycles. The van der Waals surface area contributed by atoms with Crippen LogP contribution in [-0.4, -0.2) is 21.5 Å². The highest BCUT2D eigenvalue weighted by Crippen LogP contribution is 2.16. The van der Waals surface area contributed by atoms with Crippen molar-refractivity contribution in [3.05, 3.63) is 24.4 Å². The molecule has 0 fully saturated rings. The Bertz CT molecular complexity index is 422. The van der Waals surface area contributed by atoms with E-state index in [0.29, 0.717) is 6.54 Å². The van der Waals surface area contributed by atoms with Crippen molar-refractivity contribution in [1.29, 1.82) is 0 Å². The summed E-state index contributed by atoms with van der Waals surface area (Å²) in [6, 6.07) is 5.61. The maximum absolute atomic E-state index is 8.77. The van der Waals surface area contributed by atoms with Crippen molar-refractivity contribution in [2.24, 2.45) is 0 Å². The van der Waals surface area contributed by atoms with Gasteiger partial charge in [0.05, 0.1) is 24.9 Å². The highest BCUT2D eigenvalue weighted by molar-refractivity contribution is 5.81. The predicted octanol–water partition coefficient (Wildman–Crippen LogP) is 0.611. The van der Waals surface area contributed by atoms with Gasteiger partial charge in [-0.05, 0) is 18.2 Å². The van der Waals surface area contributed by atoms with Crippen molar-refractivity contribution in [2.75, 3.05) is 12.3 Å². The minimum atomic E-state index is 0.0984. The molecule has 0 spiro atoms. The first kappa shape index (κ1) is 8.07. The van der Waals surface area contributed by atoms with E-state index in [0.717, 1.165) is 16.6 Å². The van der Waals surface area contributed by atoms with Gasteiger partial charge < -0.3 is 10.8 Å². The van der Waals surface area contributed by atoms with Crippen molar-refractivity contribution in [2.45, 2.75) is 6.54 Å². The van der Waals surface area contributed by atoms with Crippen molar-refractivity contribution in [3.63, 3.8) is 0 Å². The monoisotopic (exact) mass is 177 g/mol. The Hall–Kier alpha value is -1.55. The van der Waals surface area contributed by atoms with Crippen LogP contribution >= 0.6 is 0 Å². The van der Waals surface area contributed by atoms with Gasteiger partial charge >= 0.3 is 0 Å². The van der Waals surface area contributed by atoms with Crippen LogP contribution in [0.3, 0.4) is 0 Å². The Morgan fingerprint density at radius 1 is 1.46 bits per heavy atom. The lowest BCUT2D eigenvalue weighted by atomic mass is 10.2. The van der Waals surface area contributed by atoms with E-state index in [2.05, 4.69) is 5.10 Å². The number of aliphatic hydroxyl groups excluding tert-OH is 1. The van der Waals surface area contributed by atoms with E-state index < -0.39 is 0 Å². The van der Waals surface area contributed by atoms with E-state index in [1.165, 1.54) is 0 Å². The quantitative estimate of drug-likeness (QED) is 0.660. The number of nitrogens with two attached hydrogens (primary N) is 1. The molecule has 1 aromatic carbocycles. The van der Waals surface area contributed by atoms with E-state index in [1.54, 1.807) is 10.9 Å². The maximum atomic E-state index is 8.77. The molecular formula is C9H11N3O. The summed E-state index contributed by atoms with van der Waals surface area (Å²) in [5.74, 6) is 0. The molecule has 0 saturated carbocycles. The number of nitrogens with zero attached hydrogens (tertiary/aromatic N) is 2. The second kappa shape index (κ2) is 3.06. The Balaban J connectivity index is 2.55. The molecule has 0 aliphatic heterocycles. The summed E-state index contributed by atoms with van der Waals surface area (Å²) in [5, 5.41) is 13.9. The zero-order chi connectivity index (χ0) is 9.26. The van der Waals surface area contributed by atoms with Gasteiger partial charge in [0, 0.05) is 11.1 Å². The molecule has 2 aromatic rings. The van der Waals surface area contributed by atoms with Crippen molar-refractivity contribution in [1.82, 2.24) is 9.78 Å². The number of anilines is 1. The van der Waals surface area contributed by atoms with Crippen LogP contribution in [0.4, 0.5) is 5.69 Å². The molecule has 0 bridgehead atoms. The highest BCUT2D eigenvalue weighted by Gasteiger charge is 2.00. The van der Waals surface area contributed by atoms with E-state index in [4.69, 9.17) is 10.8 Å². The molecule has 0 amide bonds. The molecule has 0 saturated heterocycles. The lowest BCUT2D eigenvalue weighted by Gasteiger charge is -1.99. The molecule has 0 radical (unpaired) electrons. The zero-order valence-electron chi connectivity index (χ0n) is 7.14. The molecule has 0 aliphatic carbocycles. The lowest BCUT2D eigenvalue weighted by molar-refractivity contribution is 0.271. The van der Waals surface area contributed by atoms with Crippen molar-refractivity contribution in [3.8, 4) is 0 Å². The Morgan fingerprint density at radius 3 is 3.08 bits per heavy atom. The van der Waals surface area contributed by atoms with E-state index in [-0.39, 0.29) is 6.61 Å². The highest BCUT2D eigenvalue weighted by atomic mass is 16.3. The number of nitrogen functional groups attached to an aromatic ring is 1. The standard InChI is InChI=1S/C9H11N3O/c10-8-1-2-9-7(5-8)6-11-12(9)3-4-13/h1-2,5-6,13H,3-4,10H2. The maximum Gasteiger partial charge on any atom is 0.0684 e. The Morgan fingerprint density at radius 2 is 2.31 bits per heavy atom. The van der Waals surface area contributed by atoms with Gasteiger partial charge in [-0.2, -0.15) is 5.10 Å². The largest absolute Gasteiger partial charge is 0.399 e. The number of rotatable bonds is 2. The number of aliphatic hydroxyl groups is 1. The topological polar surface area (TPSA) is 64.1 Å².